The first-order chi connectivity index (χ1) is 18.4. The monoisotopic (exact) mass is 534 g/mol. The summed E-state index contributed by atoms with van der Waals surface area (Å²) in [5, 5.41) is 27.6. The van der Waals surface area contributed by atoms with E-state index in [0.717, 1.165) is 38.5 Å². The van der Waals surface area contributed by atoms with Gasteiger partial charge >= 0.3 is 0 Å². The van der Waals surface area contributed by atoms with E-state index in [1.807, 2.05) is 12.1 Å². The summed E-state index contributed by atoms with van der Waals surface area (Å²) in [5.41, 5.74) is 2.54. The number of likely N-dealkylation sites (tertiary alicyclic amines) is 1. The number of carbonyl (C=O) groups is 1. The number of pyridine rings is 1. The molecule has 9 nitrogen and oxygen atoms in total. The topological polar surface area (TPSA) is 121 Å². The smallest absolute Gasteiger partial charge is 0.274 e. The number of hydrogen-bond acceptors (Lipinski definition) is 8. The molecule has 196 valence electrons. The molecule has 0 radical (unpaired) electrons. The number of amides is 1. The van der Waals surface area contributed by atoms with Gasteiger partial charge in [0.1, 0.15) is 17.2 Å². The van der Waals surface area contributed by atoms with E-state index in [2.05, 4.69) is 20.4 Å². The van der Waals surface area contributed by atoms with Gasteiger partial charge in [-0.3, -0.25) is 14.7 Å². The molecule has 5 rings (SSSR count). The number of nitrogens with zero attached hydrogens (tertiary/aromatic N) is 3. The van der Waals surface area contributed by atoms with Gasteiger partial charge in [-0.25, -0.2) is 0 Å². The van der Waals surface area contributed by atoms with Crippen molar-refractivity contribution in [2.75, 3.05) is 20.2 Å². The molecule has 1 aliphatic heterocycles. The summed E-state index contributed by atoms with van der Waals surface area (Å²) in [7, 11) is 1.57. The minimum absolute atomic E-state index is 0.0171. The average Bonchev–Trinajstić information content (AvgIpc) is 3.37. The Balaban J connectivity index is 1.39. The van der Waals surface area contributed by atoms with Crippen LogP contribution in [0.5, 0.6) is 17.2 Å². The van der Waals surface area contributed by atoms with Crippen LogP contribution in [0, 0.1) is 0 Å². The maximum Gasteiger partial charge on any atom is 0.274 e. The van der Waals surface area contributed by atoms with Crippen LogP contribution in [0.15, 0.2) is 65.4 Å². The predicted octanol–water partition coefficient (Wildman–Crippen LogP) is 4.87. The molecule has 38 heavy (non-hydrogen) atoms. The number of phenols is 2. The third kappa shape index (κ3) is 5.44. The molecule has 1 saturated heterocycles. The highest BCUT2D eigenvalue weighted by Gasteiger charge is 2.29. The van der Waals surface area contributed by atoms with Crippen LogP contribution >= 0.6 is 11.6 Å². The summed E-state index contributed by atoms with van der Waals surface area (Å²) in [6, 6.07) is 13.6. The van der Waals surface area contributed by atoms with Gasteiger partial charge in [0.2, 0.25) is 0 Å². The van der Waals surface area contributed by atoms with Crippen molar-refractivity contribution in [2.24, 2.45) is 0 Å². The minimum Gasteiger partial charge on any atom is -0.507 e. The molecule has 0 spiro atoms. The lowest BCUT2D eigenvalue weighted by atomic mass is 9.97. The second-order valence-corrected chi connectivity index (χ2v) is 9.57. The summed E-state index contributed by atoms with van der Waals surface area (Å²) in [6.07, 6.45) is 5.18. The zero-order valence-corrected chi connectivity index (χ0v) is 21.5. The average molecular weight is 535 g/mol. The number of nitrogens with one attached hydrogen (secondary N) is 1. The number of benzene rings is 2. The largest absolute Gasteiger partial charge is 0.507 e. The maximum absolute atomic E-state index is 13.4. The molecule has 3 heterocycles. The number of aromatic nitrogens is 2. The fourth-order valence-corrected chi connectivity index (χ4v) is 4.79. The van der Waals surface area contributed by atoms with E-state index in [1.165, 1.54) is 11.6 Å². The molecule has 1 amide bonds. The molecule has 10 heteroatoms. The zero-order valence-electron chi connectivity index (χ0n) is 20.7. The van der Waals surface area contributed by atoms with Gasteiger partial charge in [-0.2, -0.15) is 0 Å². The summed E-state index contributed by atoms with van der Waals surface area (Å²) in [5.74, 6) is -0.0977. The zero-order chi connectivity index (χ0) is 26.6. The van der Waals surface area contributed by atoms with E-state index < -0.39 is 0 Å². The Bertz CT molecular complexity index is 1420. The van der Waals surface area contributed by atoms with Crippen molar-refractivity contribution in [3.05, 3.63) is 77.2 Å². The van der Waals surface area contributed by atoms with E-state index in [-0.39, 0.29) is 45.5 Å². The first-order valence-electron chi connectivity index (χ1n) is 12.2. The van der Waals surface area contributed by atoms with Crippen LogP contribution in [-0.2, 0) is 6.54 Å². The molecule has 2 aromatic carbocycles. The van der Waals surface area contributed by atoms with E-state index in [9.17, 15) is 15.0 Å². The van der Waals surface area contributed by atoms with Crippen LogP contribution in [0.1, 0.15) is 28.9 Å². The lowest BCUT2D eigenvalue weighted by Crippen LogP contribution is -2.44. The van der Waals surface area contributed by atoms with Crippen molar-refractivity contribution >= 4 is 17.5 Å². The number of hydrogen-bond donors (Lipinski definition) is 3. The van der Waals surface area contributed by atoms with Crippen molar-refractivity contribution in [3.63, 3.8) is 0 Å². The molecule has 0 atom stereocenters. The molecule has 1 aliphatic rings. The van der Waals surface area contributed by atoms with Crippen molar-refractivity contribution in [3.8, 4) is 39.7 Å². The van der Waals surface area contributed by atoms with Gasteiger partial charge in [-0.05, 0) is 54.3 Å². The van der Waals surface area contributed by atoms with E-state index >= 15 is 0 Å². The van der Waals surface area contributed by atoms with E-state index in [0.29, 0.717) is 16.9 Å². The molecule has 4 aromatic rings. The summed E-state index contributed by atoms with van der Waals surface area (Å²) in [6.45, 7) is 2.54. The first-order valence-corrected chi connectivity index (χ1v) is 12.6. The highest BCUT2D eigenvalue weighted by molar-refractivity contribution is 6.32. The SMILES string of the molecule is COc1ccc(-c2c(C(=O)NC3CCN(Cc4ccncc4)CC3)noc2-c2cc(Cl)c(O)cc2O)cc1. The molecule has 2 aromatic heterocycles. The lowest BCUT2D eigenvalue weighted by Gasteiger charge is -2.32. The fourth-order valence-electron chi connectivity index (χ4n) is 4.62. The fraction of sp³-hybridized carbons (Fsp3) is 0.250. The number of halogens is 1. The molecule has 0 saturated carbocycles. The normalized spacial score (nSPS) is 14.4. The van der Waals surface area contributed by atoms with Gasteiger partial charge in [0.05, 0.1) is 23.3 Å². The lowest BCUT2D eigenvalue weighted by molar-refractivity contribution is 0.0900. The van der Waals surface area contributed by atoms with Gasteiger partial charge in [-0.15, -0.1) is 0 Å². The summed E-state index contributed by atoms with van der Waals surface area (Å²) >= 11 is 6.11. The van der Waals surface area contributed by atoms with Crippen molar-refractivity contribution in [1.29, 1.82) is 0 Å². The summed E-state index contributed by atoms with van der Waals surface area (Å²) < 4.78 is 10.9. The molecule has 0 unspecified atom stereocenters. The number of carbonyl (C=O) groups excluding carboxylic acids is 1. The summed E-state index contributed by atoms with van der Waals surface area (Å²) in [4.78, 5) is 19.9. The number of rotatable bonds is 7. The third-order valence-corrected chi connectivity index (χ3v) is 6.98. The quantitative estimate of drug-likeness (QED) is 0.307. The van der Waals surface area contributed by atoms with Crippen molar-refractivity contribution in [1.82, 2.24) is 20.4 Å². The number of phenolic OH excluding ortho intramolecular Hbond substituents is 2. The second-order valence-electron chi connectivity index (χ2n) is 9.16. The Morgan fingerprint density at radius 1 is 1.11 bits per heavy atom. The Kier molecular flexibility index (Phi) is 7.48. The van der Waals surface area contributed by atoms with Crippen molar-refractivity contribution < 1.29 is 24.3 Å². The molecule has 0 aliphatic carbocycles. The number of piperidine rings is 1. The van der Waals surface area contributed by atoms with Crippen molar-refractivity contribution in [2.45, 2.75) is 25.4 Å². The Morgan fingerprint density at radius 3 is 2.50 bits per heavy atom. The van der Waals surface area contributed by atoms with Crippen LogP contribution in [0.4, 0.5) is 0 Å². The van der Waals surface area contributed by atoms with Gasteiger partial charge in [0.15, 0.2) is 11.5 Å². The van der Waals surface area contributed by atoms with Crippen LogP contribution in [-0.4, -0.2) is 57.4 Å². The number of methoxy groups -OCH3 is 1. The third-order valence-electron chi connectivity index (χ3n) is 6.67. The molecular formula is C28H27ClN4O5. The van der Waals surface area contributed by atoms with Crippen LogP contribution in [0.25, 0.3) is 22.5 Å². The first kappa shape index (κ1) is 25.6. The van der Waals surface area contributed by atoms with E-state index in [4.69, 9.17) is 20.9 Å². The second kappa shape index (κ2) is 11.1. The molecular weight excluding hydrogens is 508 g/mol. The van der Waals surface area contributed by atoms with Crippen LogP contribution in [0.3, 0.4) is 0 Å². The maximum atomic E-state index is 13.4. The van der Waals surface area contributed by atoms with Gasteiger partial charge in [-0.1, -0.05) is 28.9 Å². The van der Waals surface area contributed by atoms with Crippen LogP contribution in [0.2, 0.25) is 5.02 Å². The number of aromatic hydroxyl groups is 2. The Labute approximate surface area is 224 Å². The highest BCUT2D eigenvalue weighted by atomic mass is 35.5. The molecule has 3 N–H and O–H groups in total. The van der Waals surface area contributed by atoms with Gasteiger partial charge in [0.25, 0.3) is 5.91 Å². The molecule has 0 bridgehead atoms. The molecule has 1 fully saturated rings. The van der Waals surface area contributed by atoms with Gasteiger partial charge < -0.3 is 24.8 Å². The number of ether oxygens (including phenoxy) is 1. The Hall–Kier alpha value is -4.08. The Morgan fingerprint density at radius 2 is 1.82 bits per heavy atom. The van der Waals surface area contributed by atoms with E-state index in [1.54, 1.807) is 43.8 Å². The highest BCUT2D eigenvalue weighted by Crippen LogP contribution is 2.43. The minimum atomic E-state index is -0.372. The predicted molar refractivity (Wildman–Crippen MR) is 142 cm³/mol. The van der Waals surface area contributed by atoms with Crippen LogP contribution < -0.4 is 10.1 Å². The van der Waals surface area contributed by atoms with Gasteiger partial charge in [0, 0.05) is 44.1 Å². The standard InChI is InChI=1S/C28H27ClN4O5/c1-37-20-4-2-18(3-5-20)25-26(32-38-27(25)21-14-22(29)24(35)15-23(21)34)28(36)31-19-8-12-33(13-9-19)16-17-6-10-30-11-7-17/h2-7,10-11,14-15,19,34-35H,8-9,12-13,16H2,1H3,(H,31,36).